The van der Waals surface area contributed by atoms with Gasteiger partial charge in [0.1, 0.15) is 12.2 Å². The molecule has 0 amide bonds. The summed E-state index contributed by atoms with van der Waals surface area (Å²) in [6, 6.07) is 8.90. The molecule has 1 N–H and O–H groups in total. The Hall–Kier alpha value is -1.11. The van der Waals surface area contributed by atoms with Gasteiger partial charge in [-0.3, -0.25) is 4.79 Å². The fourth-order valence-electron chi connectivity index (χ4n) is 3.71. The molecule has 0 aliphatic carbocycles. The van der Waals surface area contributed by atoms with Crippen LogP contribution in [0.15, 0.2) is 18.2 Å². The van der Waals surface area contributed by atoms with Crippen molar-refractivity contribution in [1.82, 2.24) is 0 Å². The van der Waals surface area contributed by atoms with Gasteiger partial charge < -0.3 is 9.66 Å². The summed E-state index contributed by atoms with van der Waals surface area (Å²) in [5, 5.41) is 8.74. The summed E-state index contributed by atoms with van der Waals surface area (Å²) in [7, 11) is -7.32. The summed E-state index contributed by atoms with van der Waals surface area (Å²) >= 11 is 0. The minimum Gasteiger partial charge on any atom is -0.748 e. The zero-order valence-corrected chi connectivity index (χ0v) is 21.6. The molecule has 1 aliphatic rings. The van der Waals surface area contributed by atoms with Gasteiger partial charge >= 0.3 is 46.1 Å². The van der Waals surface area contributed by atoms with Gasteiger partial charge in [-0.2, -0.15) is 18.2 Å². The first-order chi connectivity index (χ1) is 13.9. The number of unbranched alkanes of at least 4 members (excludes halogenated alkanes) is 2. The van der Waals surface area contributed by atoms with Crippen LogP contribution >= 0.6 is 0 Å². The van der Waals surface area contributed by atoms with Gasteiger partial charge in [-0.1, -0.05) is 25.3 Å². The van der Waals surface area contributed by atoms with Crippen LogP contribution in [0.3, 0.4) is 0 Å². The summed E-state index contributed by atoms with van der Waals surface area (Å²) in [5.74, 6) is -1.13. The normalized spacial score (nSPS) is 17.3. The van der Waals surface area contributed by atoms with Crippen LogP contribution in [0.4, 0.5) is 5.69 Å². The Morgan fingerprint density at radius 1 is 1.23 bits per heavy atom. The van der Waals surface area contributed by atoms with E-state index in [1.807, 2.05) is 25.1 Å². The number of carbonyl (C=O) groups is 1. The van der Waals surface area contributed by atoms with Crippen molar-refractivity contribution in [3.63, 3.8) is 0 Å². The number of carboxylic acid groups (broad SMARTS) is 1. The number of aliphatic carboxylic acids is 1. The molecule has 0 saturated carbocycles. The molecule has 1 aromatic rings. The first-order valence-corrected chi connectivity index (χ1v) is 12.0. The second-order valence-corrected chi connectivity index (χ2v) is 9.22. The third kappa shape index (κ3) is 9.92. The Morgan fingerprint density at radius 3 is 2.39 bits per heavy atom. The fourth-order valence-corrected chi connectivity index (χ4v) is 4.19. The van der Waals surface area contributed by atoms with E-state index in [4.69, 9.17) is 17.7 Å². The molecule has 0 aromatic heterocycles. The van der Waals surface area contributed by atoms with Crippen molar-refractivity contribution >= 4 is 38.1 Å². The Bertz CT molecular complexity index is 999. The molecular formula is C19H26NNaO8S2. The van der Waals surface area contributed by atoms with Crippen LogP contribution in [0, 0.1) is 6.07 Å². The Balaban J connectivity index is 0.00000165. The summed E-state index contributed by atoms with van der Waals surface area (Å²) in [4.78, 5) is 10.6. The number of hydrogen-bond acceptors (Lipinski definition) is 7. The zero-order chi connectivity index (χ0) is 22.9. The van der Waals surface area contributed by atoms with Crippen LogP contribution in [-0.2, 0) is 30.9 Å². The molecule has 31 heavy (non-hydrogen) atoms. The predicted molar refractivity (Wildman–Crippen MR) is 108 cm³/mol. The summed E-state index contributed by atoms with van der Waals surface area (Å²) in [5.41, 5.74) is 3.14. The van der Waals surface area contributed by atoms with Crippen molar-refractivity contribution in [1.29, 1.82) is 0 Å². The molecule has 1 heterocycles. The molecule has 2 rings (SSSR count). The largest absolute Gasteiger partial charge is 1.00 e. The summed E-state index contributed by atoms with van der Waals surface area (Å²) < 4.78 is 60.1. The van der Waals surface area contributed by atoms with E-state index in [-0.39, 0.29) is 53.6 Å². The molecule has 0 saturated heterocycles. The maximum atomic E-state index is 10.9. The Labute approximate surface area is 206 Å². The predicted octanol–water partition coefficient (Wildman–Crippen LogP) is -1.17. The molecule has 0 bridgehead atoms. The fraction of sp³-hybridized carbons (Fsp3) is 0.579. The maximum absolute atomic E-state index is 10.9. The van der Waals surface area contributed by atoms with Crippen molar-refractivity contribution in [2.75, 3.05) is 12.3 Å². The van der Waals surface area contributed by atoms with E-state index in [0.29, 0.717) is 13.0 Å². The monoisotopic (exact) mass is 483 g/mol. The molecule has 1 unspecified atom stereocenters. The quantitative estimate of drug-likeness (QED) is 0.144. The summed E-state index contributed by atoms with van der Waals surface area (Å²) in [6.07, 6.45) is 3.81. The van der Waals surface area contributed by atoms with Crippen LogP contribution < -0.4 is 29.6 Å². The molecular weight excluding hydrogens is 457 g/mol. The van der Waals surface area contributed by atoms with Gasteiger partial charge in [0.25, 0.3) is 0 Å². The van der Waals surface area contributed by atoms with Crippen LogP contribution in [0.5, 0.6) is 0 Å². The number of fused-ring (bicyclic) bond motifs is 1. The smallest absolute Gasteiger partial charge is 0.748 e. The van der Waals surface area contributed by atoms with Gasteiger partial charge in [0.15, 0.2) is 5.71 Å². The molecule has 0 spiro atoms. The number of benzene rings is 1. The maximum Gasteiger partial charge on any atom is 1.00 e. The van der Waals surface area contributed by atoms with E-state index in [0.717, 1.165) is 36.2 Å². The van der Waals surface area contributed by atoms with E-state index in [2.05, 4.69) is 17.6 Å². The second kappa shape index (κ2) is 13.4. The van der Waals surface area contributed by atoms with Gasteiger partial charge in [0.2, 0.25) is 0 Å². The average Bonchev–Trinajstić information content (AvgIpc) is 2.82. The van der Waals surface area contributed by atoms with Gasteiger partial charge in [0, 0.05) is 30.9 Å². The van der Waals surface area contributed by atoms with Crippen LogP contribution in [0.25, 0.3) is 0 Å². The van der Waals surface area contributed by atoms with Crippen LogP contribution in [-0.4, -0.2) is 59.3 Å². The minimum atomic E-state index is -4.21. The Kier molecular flexibility index (Phi) is 13.0. The Morgan fingerprint density at radius 2 is 1.84 bits per heavy atom. The van der Waals surface area contributed by atoms with Gasteiger partial charge in [0.05, 0.1) is 10.1 Å². The molecule has 0 radical (unpaired) electrons. The molecule has 1 atom stereocenters. The standard InChI is InChI=1S/C19H27NO5S.Na.O3S/c1-15-19(2,12-7-3-4-11-18(21)22)16-9-5-6-10-17(16)20(15)13-8-14-26(23,24)25;;1-4(2)3/h6,9-10H,3-4,7-8,11-14H2,1-2H3,(H,21,22)(H,23,24,25);;/q;+1;/p-1. The number of carboxylic acids is 1. The van der Waals surface area contributed by atoms with Crippen molar-refractivity contribution in [3.8, 4) is 0 Å². The second-order valence-electron chi connectivity index (χ2n) is 7.29. The zero-order valence-electron chi connectivity index (χ0n) is 18.0. The number of rotatable bonds is 10. The summed E-state index contributed by atoms with van der Waals surface area (Å²) in [6.45, 7) is 4.69. The van der Waals surface area contributed by atoms with Crippen molar-refractivity contribution in [2.45, 2.75) is 57.8 Å². The molecule has 168 valence electrons. The van der Waals surface area contributed by atoms with Gasteiger partial charge in [-0.25, -0.2) is 13.0 Å². The van der Waals surface area contributed by atoms with Crippen LogP contribution in [0.2, 0.25) is 0 Å². The van der Waals surface area contributed by atoms with E-state index >= 15 is 0 Å². The number of hydrogen-bond donors (Lipinski definition) is 1. The van der Waals surface area contributed by atoms with Crippen LogP contribution in [0.1, 0.15) is 57.9 Å². The third-order valence-corrected chi connectivity index (χ3v) is 6.06. The minimum absolute atomic E-state index is 0. The topological polar surface area (TPSA) is 149 Å². The van der Waals surface area contributed by atoms with E-state index in [9.17, 15) is 17.8 Å². The number of nitrogens with zero attached hydrogens (tertiary/aromatic N) is 1. The first-order valence-electron chi connectivity index (χ1n) is 9.42. The molecule has 1 aliphatic heterocycles. The third-order valence-electron chi connectivity index (χ3n) is 5.27. The van der Waals surface area contributed by atoms with E-state index in [1.54, 1.807) is 0 Å². The van der Waals surface area contributed by atoms with Crippen molar-refractivity contribution in [2.24, 2.45) is 0 Å². The van der Waals surface area contributed by atoms with E-state index < -0.39 is 26.7 Å². The van der Waals surface area contributed by atoms with Gasteiger partial charge in [-0.05, 0) is 12.8 Å². The first kappa shape index (κ1) is 29.9. The van der Waals surface area contributed by atoms with E-state index in [1.165, 1.54) is 0 Å². The molecule has 0 fully saturated rings. The molecule has 9 nitrogen and oxygen atoms in total. The SMILES string of the molecule is CC1=[N+](CCCS(=O)(=O)[O-])c2cc[c-]cc2C1(C)CCCCCC(=O)O.O=S(=O)=O.[Na+]. The van der Waals surface area contributed by atoms with Crippen molar-refractivity contribution in [3.05, 3.63) is 29.8 Å². The van der Waals surface area contributed by atoms with Crippen molar-refractivity contribution < 1.29 is 69.6 Å². The average molecular weight is 484 g/mol. The molecule has 1 aromatic carbocycles. The van der Waals surface area contributed by atoms with Gasteiger partial charge in [-0.15, -0.1) is 18.7 Å². The molecule has 12 heteroatoms.